The summed E-state index contributed by atoms with van der Waals surface area (Å²) < 4.78 is 27.7. The summed E-state index contributed by atoms with van der Waals surface area (Å²) in [5, 5.41) is 0. The number of rotatable bonds is 6. The molecule has 1 aromatic carbocycles. The lowest BCUT2D eigenvalue weighted by Gasteiger charge is -2.32. The molecule has 2 heterocycles. The Hall–Kier alpha value is -2.19. The summed E-state index contributed by atoms with van der Waals surface area (Å²) in [5.74, 6) is 1.60. The number of piperidine rings is 1. The lowest BCUT2D eigenvalue weighted by molar-refractivity contribution is 0.0682. The predicted molar refractivity (Wildman–Crippen MR) is 108 cm³/mol. The van der Waals surface area contributed by atoms with Crippen molar-refractivity contribution >= 4 is 15.9 Å². The maximum atomic E-state index is 12.8. The van der Waals surface area contributed by atoms with Crippen LogP contribution in [0.4, 0.5) is 0 Å². The van der Waals surface area contributed by atoms with Crippen molar-refractivity contribution in [3.8, 4) is 0 Å². The number of carbonyl (C=O) groups excluding carboxylic acids is 1. The molecule has 1 aliphatic heterocycles. The minimum atomic E-state index is -3.48. The van der Waals surface area contributed by atoms with Crippen molar-refractivity contribution < 1.29 is 13.2 Å². The van der Waals surface area contributed by atoms with Gasteiger partial charge in [-0.3, -0.25) is 4.79 Å². The van der Waals surface area contributed by atoms with Crippen molar-refractivity contribution in [1.82, 2.24) is 18.8 Å². The average molecular weight is 405 g/mol. The summed E-state index contributed by atoms with van der Waals surface area (Å²) in [6.45, 7) is 4.49. The van der Waals surface area contributed by atoms with Crippen LogP contribution in [0.1, 0.15) is 35.9 Å². The third-order valence-electron chi connectivity index (χ3n) is 5.35. The van der Waals surface area contributed by atoms with Crippen molar-refractivity contribution in [3.05, 3.63) is 48.0 Å². The van der Waals surface area contributed by atoms with Gasteiger partial charge in [-0.25, -0.2) is 17.7 Å². The van der Waals surface area contributed by atoms with Crippen molar-refractivity contribution in [2.24, 2.45) is 5.92 Å². The van der Waals surface area contributed by atoms with Crippen LogP contribution < -0.4 is 0 Å². The van der Waals surface area contributed by atoms with Gasteiger partial charge in [0.1, 0.15) is 5.82 Å². The van der Waals surface area contributed by atoms with Gasteiger partial charge in [0.25, 0.3) is 5.91 Å². The summed E-state index contributed by atoms with van der Waals surface area (Å²) >= 11 is 0. The van der Waals surface area contributed by atoms with Gasteiger partial charge in [0.05, 0.1) is 4.90 Å². The molecule has 0 unspecified atom stereocenters. The number of benzene rings is 1. The van der Waals surface area contributed by atoms with E-state index in [0.29, 0.717) is 11.5 Å². The molecule has 0 saturated carbocycles. The van der Waals surface area contributed by atoms with E-state index in [-0.39, 0.29) is 10.8 Å². The number of hydrogen-bond donors (Lipinski definition) is 0. The molecule has 1 aromatic heterocycles. The molecular weight excluding hydrogens is 376 g/mol. The highest BCUT2D eigenvalue weighted by atomic mass is 32.2. The molecule has 0 spiro atoms. The zero-order chi connectivity index (χ0) is 20.3. The summed E-state index contributed by atoms with van der Waals surface area (Å²) in [7, 11) is -0.498. The van der Waals surface area contributed by atoms with Crippen LogP contribution in [-0.2, 0) is 23.0 Å². The molecule has 1 aliphatic rings. The minimum Gasteiger partial charge on any atom is -0.339 e. The van der Waals surface area contributed by atoms with E-state index in [0.717, 1.165) is 44.7 Å². The number of nitrogens with zero attached hydrogens (tertiary/aromatic N) is 4. The van der Waals surface area contributed by atoms with Crippen LogP contribution in [0.5, 0.6) is 0 Å². The number of aromatic nitrogens is 2. The van der Waals surface area contributed by atoms with Gasteiger partial charge in [-0.2, -0.15) is 0 Å². The van der Waals surface area contributed by atoms with E-state index >= 15 is 0 Å². The van der Waals surface area contributed by atoms with E-state index in [2.05, 4.69) is 16.5 Å². The topological polar surface area (TPSA) is 75.5 Å². The maximum absolute atomic E-state index is 12.8. The lowest BCUT2D eigenvalue weighted by atomic mass is 9.96. The van der Waals surface area contributed by atoms with Crippen LogP contribution in [0, 0.1) is 5.92 Å². The SMILES string of the molecule is CCc1nccn1CC1CCN(C(=O)c2ccc(S(=O)(=O)N(C)C)cc2)CC1. The lowest BCUT2D eigenvalue weighted by Crippen LogP contribution is -2.39. The fraction of sp³-hybridized carbons (Fsp3) is 0.500. The highest BCUT2D eigenvalue weighted by Crippen LogP contribution is 2.22. The molecule has 1 saturated heterocycles. The molecule has 1 amide bonds. The molecule has 8 heteroatoms. The Labute approximate surface area is 167 Å². The van der Waals surface area contributed by atoms with E-state index in [1.807, 2.05) is 17.3 Å². The van der Waals surface area contributed by atoms with Gasteiger partial charge in [0.15, 0.2) is 0 Å². The second-order valence-corrected chi connectivity index (χ2v) is 9.55. The van der Waals surface area contributed by atoms with Gasteiger partial charge >= 0.3 is 0 Å². The van der Waals surface area contributed by atoms with Crippen molar-refractivity contribution in [1.29, 1.82) is 0 Å². The monoisotopic (exact) mass is 404 g/mol. The van der Waals surface area contributed by atoms with Crippen LogP contribution in [0.3, 0.4) is 0 Å². The van der Waals surface area contributed by atoms with E-state index in [1.165, 1.54) is 30.5 Å². The second kappa shape index (κ2) is 8.45. The van der Waals surface area contributed by atoms with Crippen LogP contribution in [-0.4, -0.2) is 60.3 Å². The molecule has 0 radical (unpaired) electrons. The molecule has 0 N–H and O–H groups in total. The third-order valence-corrected chi connectivity index (χ3v) is 7.18. The molecule has 1 fully saturated rings. The zero-order valence-corrected chi connectivity index (χ0v) is 17.5. The summed E-state index contributed by atoms with van der Waals surface area (Å²) in [5.41, 5.74) is 0.527. The molecule has 28 heavy (non-hydrogen) atoms. The maximum Gasteiger partial charge on any atom is 0.253 e. The predicted octanol–water partition coefficient (Wildman–Crippen LogP) is 2.25. The smallest absolute Gasteiger partial charge is 0.253 e. The fourth-order valence-corrected chi connectivity index (χ4v) is 4.48. The highest BCUT2D eigenvalue weighted by Gasteiger charge is 2.25. The minimum absolute atomic E-state index is 0.0378. The molecule has 3 rings (SSSR count). The Bertz CT molecular complexity index is 911. The van der Waals surface area contributed by atoms with E-state index in [1.54, 1.807) is 12.1 Å². The molecule has 0 bridgehead atoms. The summed E-state index contributed by atoms with van der Waals surface area (Å²) in [4.78, 5) is 19.2. The first kappa shape index (κ1) is 20.5. The standard InChI is InChI=1S/C20H28N4O3S/c1-4-19-21-11-14-24(19)15-16-9-12-23(13-10-16)20(25)17-5-7-18(8-6-17)28(26,27)22(2)3/h5-8,11,14,16H,4,9-10,12-13,15H2,1-3H3. The Kier molecular flexibility index (Phi) is 6.20. The third kappa shape index (κ3) is 4.28. The number of hydrogen-bond acceptors (Lipinski definition) is 4. The summed E-state index contributed by atoms with van der Waals surface area (Å²) in [6, 6.07) is 6.20. The Morgan fingerprint density at radius 2 is 1.82 bits per heavy atom. The van der Waals surface area contributed by atoms with Gasteiger partial charge in [-0.1, -0.05) is 6.92 Å². The van der Waals surface area contributed by atoms with Gasteiger partial charge in [-0.15, -0.1) is 0 Å². The Morgan fingerprint density at radius 1 is 1.18 bits per heavy atom. The molecule has 7 nitrogen and oxygen atoms in total. The number of carbonyl (C=O) groups is 1. The van der Waals surface area contributed by atoms with Gasteiger partial charge in [0.2, 0.25) is 10.0 Å². The number of imidazole rings is 1. The zero-order valence-electron chi connectivity index (χ0n) is 16.7. The Balaban J connectivity index is 1.59. The summed E-state index contributed by atoms with van der Waals surface area (Å²) in [6.07, 6.45) is 6.71. The van der Waals surface area contributed by atoms with Crippen molar-refractivity contribution in [2.75, 3.05) is 27.2 Å². The Morgan fingerprint density at radius 3 is 2.39 bits per heavy atom. The van der Waals surface area contributed by atoms with E-state index < -0.39 is 10.0 Å². The molecule has 0 atom stereocenters. The average Bonchev–Trinajstić information content (AvgIpc) is 3.15. The normalized spacial score (nSPS) is 15.9. The highest BCUT2D eigenvalue weighted by molar-refractivity contribution is 7.89. The fourth-order valence-electron chi connectivity index (χ4n) is 3.58. The number of amides is 1. The number of likely N-dealkylation sites (tertiary alicyclic amines) is 1. The van der Waals surface area contributed by atoms with Crippen LogP contribution >= 0.6 is 0 Å². The largest absolute Gasteiger partial charge is 0.339 e. The van der Waals surface area contributed by atoms with Gasteiger partial charge in [-0.05, 0) is 43.0 Å². The van der Waals surface area contributed by atoms with Crippen molar-refractivity contribution in [2.45, 2.75) is 37.6 Å². The first-order chi connectivity index (χ1) is 13.3. The van der Waals surface area contributed by atoms with Gasteiger partial charge in [0, 0.05) is 58.1 Å². The molecule has 0 aliphatic carbocycles. The van der Waals surface area contributed by atoms with Gasteiger partial charge < -0.3 is 9.47 Å². The number of aryl methyl sites for hydroxylation is 1. The number of sulfonamides is 1. The molecule has 2 aromatic rings. The van der Waals surface area contributed by atoms with Crippen LogP contribution in [0.15, 0.2) is 41.6 Å². The quantitative estimate of drug-likeness (QED) is 0.740. The van der Waals surface area contributed by atoms with E-state index in [9.17, 15) is 13.2 Å². The van der Waals surface area contributed by atoms with E-state index in [4.69, 9.17) is 0 Å². The second-order valence-electron chi connectivity index (χ2n) is 7.40. The van der Waals surface area contributed by atoms with Crippen molar-refractivity contribution in [3.63, 3.8) is 0 Å². The first-order valence-corrected chi connectivity index (χ1v) is 11.1. The molecular formula is C20H28N4O3S. The van der Waals surface area contributed by atoms with Crippen LogP contribution in [0.2, 0.25) is 0 Å². The molecule has 152 valence electrons. The first-order valence-electron chi connectivity index (χ1n) is 9.64. The van der Waals surface area contributed by atoms with Crippen LogP contribution in [0.25, 0.3) is 0 Å².